The number of carbonyl (C=O) groups is 2. The van der Waals surface area contributed by atoms with Crippen molar-refractivity contribution in [2.75, 3.05) is 26.8 Å². The van der Waals surface area contributed by atoms with Gasteiger partial charge in [-0.25, -0.2) is 4.79 Å². The summed E-state index contributed by atoms with van der Waals surface area (Å²) in [5.74, 6) is 0.850. The molecule has 6 heteroatoms. The van der Waals surface area contributed by atoms with Gasteiger partial charge in [-0.15, -0.1) is 0 Å². The van der Waals surface area contributed by atoms with E-state index in [1.807, 2.05) is 29.2 Å². The summed E-state index contributed by atoms with van der Waals surface area (Å²) in [5, 5.41) is 2.81. The average Bonchev–Trinajstić information content (AvgIpc) is 2.56. The Balaban J connectivity index is 1.87. The molecule has 1 heterocycles. The minimum Gasteiger partial charge on any atom is -0.497 e. The summed E-state index contributed by atoms with van der Waals surface area (Å²) in [6, 6.07) is 7.46. The van der Waals surface area contributed by atoms with Crippen LogP contribution in [0.3, 0.4) is 0 Å². The van der Waals surface area contributed by atoms with E-state index in [1.54, 1.807) is 14.0 Å². The molecule has 0 aliphatic carbocycles. The minimum atomic E-state index is -0.415. The van der Waals surface area contributed by atoms with Gasteiger partial charge >= 0.3 is 6.09 Å². The van der Waals surface area contributed by atoms with Crippen LogP contribution in [0.5, 0.6) is 5.75 Å². The molecule has 1 saturated heterocycles. The topological polar surface area (TPSA) is 67.9 Å². The summed E-state index contributed by atoms with van der Waals surface area (Å²) in [5.41, 5.74) is 0.955. The molecule has 1 atom stereocenters. The van der Waals surface area contributed by atoms with Gasteiger partial charge in [0.1, 0.15) is 5.75 Å². The molecule has 1 N–H and O–H groups in total. The highest BCUT2D eigenvalue weighted by molar-refractivity contribution is 5.79. The number of nitrogens with zero attached hydrogens (tertiary/aromatic N) is 1. The van der Waals surface area contributed by atoms with Gasteiger partial charge in [0, 0.05) is 19.1 Å². The lowest BCUT2D eigenvalue weighted by Crippen LogP contribution is -2.50. The molecule has 1 aliphatic rings. The van der Waals surface area contributed by atoms with Gasteiger partial charge in [-0.3, -0.25) is 4.79 Å². The molecule has 0 unspecified atom stereocenters. The molecule has 1 aromatic rings. The van der Waals surface area contributed by atoms with Crippen LogP contribution in [0.25, 0.3) is 0 Å². The van der Waals surface area contributed by atoms with Crippen molar-refractivity contribution in [3.63, 3.8) is 0 Å². The van der Waals surface area contributed by atoms with Crippen LogP contribution in [0.4, 0.5) is 4.79 Å². The molecule has 2 amide bonds. The van der Waals surface area contributed by atoms with E-state index in [0.29, 0.717) is 19.6 Å². The highest BCUT2D eigenvalue weighted by Gasteiger charge is 2.25. The molecule has 1 aliphatic heterocycles. The maximum absolute atomic E-state index is 12.4. The van der Waals surface area contributed by atoms with Crippen molar-refractivity contribution < 1.29 is 19.1 Å². The third kappa shape index (κ3) is 5.16. The first-order chi connectivity index (χ1) is 11.1. The lowest BCUT2D eigenvalue weighted by molar-refractivity contribution is -0.131. The highest BCUT2D eigenvalue weighted by atomic mass is 16.5. The number of piperidine rings is 1. The van der Waals surface area contributed by atoms with Gasteiger partial charge in [-0.2, -0.15) is 0 Å². The second-order valence-electron chi connectivity index (χ2n) is 5.57. The van der Waals surface area contributed by atoms with Crippen LogP contribution in [0.2, 0.25) is 0 Å². The third-order valence-corrected chi connectivity index (χ3v) is 3.89. The third-order valence-electron chi connectivity index (χ3n) is 3.89. The fourth-order valence-corrected chi connectivity index (χ4v) is 2.69. The van der Waals surface area contributed by atoms with E-state index in [9.17, 15) is 9.59 Å². The maximum Gasteiger partial charge on any atom is 0.407 e. The standard InChI is InChI=1S/C17H24N2O4/c1-3-23-17(21)18-14-5-4-10-19(12-14)16(20)11-13-6-8-15(22-2)9-7-13/h6-9,14H,3-5,10-12H2,1-2H3,(H,18,21)/t14-/m0/s1. The summed E-state index contributed by atoms with van der Waals surface area (Å²) in [4.78, 5) is 25.7. The van der Waals surface area contributed by atoms with Crippen LogP contribution in [0, 0.1) is 0 Å². The van der Waals surface area contributed by atoms with E-state index < -0.39 is 6.09 Å². The molecular weight excluding hydrogens is 296 g/mol. The Kier molecular flexibility index (Phi) is 6.26. The zero-order valence-corrected chi connectivity index (χ0v) is 13.7. The van der Waals surface area contributed by atoms with Gasteiger partial charge in [0.2, 0.25) is 5.91 Å². The van der Waals surface area contributed by atoms with E-state index in [4.69, 9.17) is 9.47 Å². The summed E-state index contributed by atoms with van der Waals surface area (Å²) < 4.78 is 10.0. The molecule has 0 radical (unpaired) electrons. The largest absolute Gasteiger partial charge is 0.497 e. The molecule has 23 heavy (non-hydrogen) atoms. The van der Waals surface area contributed by atoms with Crippen molar-refractivity contribution in [2.24, 2.45) is 0 Å². The number of hydrogen-bond acceptors (Lipinski definition) is 4. The normalized spacial score (nSPS) is 17.5. The van der Waals surface area contributed by atoms with Crippen LogP contribution < -0.4 is 10.1 Å². The SMILES string of the molecule is CCOC(=O)N[C@H]1CCCN(C(=O)Cc2ccc(OC)cc2)C1. The zero-order chi connectivity index (χ0) is 16.7. The van der Waals surface area contributed by atoms with Gasteiger partial charge in [0.05, 0.1) is 20.1 Å². The number of likely N-dealkylation sites (tertiary alicyclic amines) is 1. The second-order valence-corrected chi connectivity index (χ2v) is 5.57. The van der Waals surface area contributed by atoms with Gasteiger partial charge < -0.3 is 19.7 Å². The molecule has 0 saturated carbocycles. The predicted molar refractivity (Wildman–Crippen MR) is 86.5 cm³/mol. The molecule has 126 valence electrons. The Labute approximate surface area is 136 Å². The van der Waals surface area contributed by atoms with Gasteiger partial charge in [0.15, 0.2) is 0 Å². The van der Waals surface area contributed by atoms with Crippen LogP contribution >= 0.6 is 0 Å². The van der Waals surface area contributed by atoms with Crippen molar-refractivity contribution in [1.82, 2.24) is 10.2 Å². The predicted octanol–water partition coefficient (Wildman–Crippen LogP) is 1.97. The summed E-state index contributed by atoms with van der Waals surface area (Å²) in [6.45, 7) is 3.38. The van der Waals surface area contributed by atoms with Crippen molar-refractivity contribution in [2.45, 2.75) is 32.2 Å². The molecular formula is C17H24N2O4. The summed E-state index contributed by atoms with van der Waals surface area (Å²) in [7, 11) is 1.62. The van der Waals surface area contributed by atoms with Crippen LogP contribution in [-0.4, -0.2) is 49.7 Å². The molecule has 1 aromatic carbocycles. The zero-order valence-electron chi connectivity index (χ0n) is 13.7. The number of alkyl carbamates (subject to hydrolysis) is 1. The number of ether oxygens (including phenoxy) is 2. The monoisotopic (exact) mass is 320 g/mol. The fourth-order valence-electron chi connectivity index (χ4n) is 2.69. The smallest absolute Gasteiger partial charge is 0.407 e. The number of nitrogens with one attached hydrogen (secondary N) is 1. The first kappa shape index (κ1) is 17.1. The van der Waals surface area contributed by atoms with Crippen molar-refractivity contribution in [1.29, 1.82) is 0 Å². The highest BCUT2D eigenvalue weighted by Crippen LogP contribution is 2.15. The molecule has 1 fully saturated rings. The first-order valence-corrected chi connectivity index (χ1v) is 7.96. The van der Waals surface area contributed by atoms with Gasteiger partial charge in [-0.05, 0) is 37.5 Å². The molecule has 0 bridgehead atoms. The number of benzene rings is 1. The van der Waals surface area contributed by atoms with Crippen molar-refractivity contribution >= 4 is 12.0 Å². The van der Waals surface area contributed by atoms with E-state index >= 15 is 0 Å². The Morgan fingerprint density at radius 1 is 1.30 bits per heavy atom. The van der Waals surface area contributed by atoms with Gasteiger partial charge in [0.25, 0.3) is 0 Å². The maximum atomic E-state index is 12.4. The Morgan fingerprint density at radius 2 is 2.04 bits per heavy atom. The molecule has 2 rings (SSSR count). The van der Waals surface area contributed by atoms with E-state index in [0.717, 1.165) is 30.7 Å². The Morgan fingerprint density at radius 3 is 2.70 bits per heavy atom. The molecule has 0 spiro atoms. The Hall–Kier alpha value is -2.24. The Bertz CT molecular complexity index is 530. The van der Waals surface area contributed by atoms with Crippen LogP contribution in [-0.2, 0) is 16.0 Å². The molecule has 0 aromatic heterocycles. The molecule has 6 nitrogen and oxygen atoms in total. The van der Waals surface area contributed by atoms with Crippen LogP contribution in [0.15, 0.2) is 24.3 Å². The lowest BCUT2D eigenvalue weighted by Gasteiger charge is -2.33. The number of rotatable bonds is 5. The minimum absolute atomic E-state index is 0.0392. The van der Waals surface area contributed by atoms with E-state index in [-0.39, 0.29) is 11.9 Å². The summed E-state index contributed by atoms with van der Waals surface area (Å²) in [6.07, 6.45) is 1.69. The van der Waals surface area contributed by atoms with Crippen molar-refractivity contribution in [3.8, 4) is 5.75 Å². The number of carbonyl (C=O) groups excluding carboxylic acids is 2. The van der Waals surface area contributed by atoms with E-state index in [1.165, 1.54) is 0 Å². The number of methoxy groups -OCH3 is 1. The lowest BCUT2D eigenvalue weighted by atomic mass is 10.0. The number of amides is 2. The summed E-state index contributed by atoms with van der Waals surface area (Å²) >= 11 is 0. The first-order valence-electron chi connectivity index (χ1n) is 7.96. The quantitative estimate of drug-likeness (QED) is 0.901. The second kappa shape index (κ2) is 8.41. The van der Waals surface area contributed by atoms with E-state index in [2.05, 4.69) is 5.32 Å². The fraction of sp³-hybridized carbons (Fsp3) is 0.529. The number of hydrogen-bond donors (Lipinski definition) is 1. The average molecular weight is 320 g/mol. The van der Waals surface area contributed by atoms with Gasteiger partial charge in [-0.1, -0.05) is 12.1 Å². The van der Waals surface area contributed by atoms with Crippen LogP contribution in [0.1, 0.15) is 25.3 Å². The van der Waals surface area contributed by atoms with Crippen molar-refractivity contribution in [3.05, 3.63) is 29.8 Å².